The van der Waals surface area contributed by atoms with Crippen LogP contribution in [-0.4, -0.2) is 6.54 Å². The molecule has 1 aromatic rings. The first-order valence-corrected chi connectivity index (χ1v) is 8.09. The van der Waals surface area contributed by atoms with E-state index in [2.05, 4.69) is 42.0 Å². The van der Waals surface area contributed by atoms with E-state index in [1.165, 1.54) is 18.4 Å². The summed E-state index contributed by atoms with van der Waals surface area (Å²) in [7, 11) is 0. The van der Waals surface area contributed by atoms with Gasteiger partial charge in [-0.2, -0.15) is 0 Å². The summed E-state index contributed by atoms with van der Waals surface area (Å²) < 4.78 is 13.9. The van der Waals surface area contributed by atoms with Crippen molar-refractivity contribution in [2.75, 3.05) is 6.54 Å². The minimum absolute atomic E-state index is 0.194. The van der Waals surface area contributed by atoms with Crippen LogP contribution in [0.1, 0.15) is 58.1 Å². The van der Waals surface area contributed by atoms with Crippen LogP contribution >= 0.6 is 15.9 Å². The van der Waals surface area contributed by atoms with Gasteiger partial charge in [0.1, 0.15) is 5.82 Å². The lowest BCUT2D eigenvalue weighted by Crippen LogP contribution is -2.24. The summed E-state index contributed by atoms with van der Waals surface area (Å²) in [6, 6.07) is 5.68. The van der Waals surface area contributed by atoms with Crippen LogP contribution in [0.2, 0.25) is 0 Å². The molecule has 1 rings (SSSR count). The monoisotopic (exact) mass is 329 g/mol. The summed E-state index contributed by atoms with van der Waals surface area (Å²) in [6.45, 7) is 7.65. The number of rotatable bonds is 8. The Morgan fingerprint density at radius 2 is 1.89 bits per heavy atom. The maximum atomic E-state index is 13.3. The van der Waals surface area contributed by atoms with E-state index >= 15 is 0 Å². The molecule has 1 unspecified atom stereocenters. The molecule has 0 heterocycles. The van der Waals surface area contributed by atoms with Crippen LogP contribution in [0.3, 0.4) is 0 Å². The predicted octanol–water partition coefficient (Wildman–Crippen LogP) is 5.46. The standard InChI is InChI=1S/C16H25BrFN/c1-4-9-19-16(10-12(5-2)6-3)13-7-8-15(18)14(17)11-13/h7-8,11-12,16,19H,4-6,9-10H2,1-3H3. The Hall–Kier alpha value is -0.410. The lowest BCUT2D eigenvalue weighted by molar-refractivity contribution is 0.371. The number of benzene rings is 1. The molecule has 1 nitrogen and oxygen atoms in total. The predicted molar refractivity (Wildman–Crippen MR) is 83.8 cm³/mol. The Morgan fingerprint density at radius 1 is 1.21 bits per heavy atom. The third kappa shape index (κ3) is 5.23. The highest BCUT2D eigenvalue weighted by Crippen LogP contribution is 2.28. The van der Waals surface area contributed by atoms with Crippen LogP contribution in [0.4, 0.5) is 4.39 Å². The molecular formula is C16H25BrFN. The summed E-state index contributed by atoms with van der Waals surface area (Å²) in [5.74, 6) is 0.527. The molecule has 1 aromatic carbocycles. The minimum Gasteiger partial charge on any atom is -0.310 e. The fraction of sp³-hybridized carbons (Fsp3) is 0.625. The second-order valence-electron chi connectivity index (χ2n) is 5.10. The van der Waals surface area contributed by atoms with Crippen LogP contribution in [0.25, 0.3) is 0 Å². The van der Waals surface area contributed by atoms with Gasteiger partial charge in [-0.25, -0.2) is 4.39 Å². The van der Waals surface area contributed by atoms with Gasteiger partial charge < -0.3 is 5.32 Å². The molecule has 1 atom stereocenters. The summed E-state index contributed by atoms with van der Waals surface area (Å²) in [5, 5.41) is 3.59. The van der Waals surface area contributed by atoms with Crippen molar-refractivity contribution in [1.29, 1.82) is 0 Å². The summed E-state index contributed by atoms with van der Waals surface area (Å²) in [5.41, 5.74) is 1.17. The number of hydrogen-bond acceptors (Lipinski definition) is 1. The molecular weight excluding hydrogens is 305 g/mol. The lowest BCUT2D eigenvalue weighted by atomic mass is 9.91. The average molecular weight is 330 g/mol. The van der Waals surface area contributed by atoms with Crippen LogP contribution < -0.4 is 5.32 Å². The number of nitrogens with one attached hydrogen (secondary N) is 1. The van der Waals surface area contributed by atoms with E-state index in [1.807, 2.05) is 12.1 Å². The van der Waals surface area contributed by atoms with E-state index in [1.54, 1.807) is 6.07 Å². The van der Waals surface area contributed by atoms with Crippen molar-refractivity contribution in [3.8, 4) is 0 Å². The van der Waals surface area contributed by atoms with Gasteiger partial charge in [-0.1, -0.05) is 39.7 Å². The number of halogens is 2. The highest BCUT2D eigenvalue weighted by molar-refractivity contribution is 9.10. The Bertz CT molecular complexity index is 377. The highest BCUT2D eigenvalue weighted by Gasteiger charge is 2.16. The smallest absolute Gasteiger partial charge is 0.137 e. The molecule has 0 spiro atoms. The summed E-state index contributed by atoms with van der Waals surface area (Å²) >= 11 is 3.28. The largest absolute Gasteiger partial charge is 0.310 e. The Kier molecular flexibility index (Phi) is 7.62. The van der Waals surface area contributed by atoms with Crippen molar-refractivity contribution >= 4 is 15.9 Å². The van der Waals surface area contributed by atoms with Crippen molar-refractivity contribution in [2.45, 2.75) is 52.5 Å². The number of hydrogen-bond donors (Lipinski definition) is 1. The van der Waals surface area contributed by atoms with E-state index in [9.17, 15) is 4.39 Å². The van der Waals surface area contributed by atoms with Crippen molar-refractivity contribution in [2.24, 2.45) is 5.92 Å². The fourth-order valence-electron chi connectivity index (χ4n) is 2.34. The molecule has 0 aliphatic rings. The van der Waals surface area contributed by atoms with Crippen molar-refractivity contribution in [3.63, 3.8) is 0 Å². The quantitative estimate of drug-likeness (QED) is 0.668. The van der Waals surface area contributed by atoms with Gasteiger partial charge in [0, 0.05) is 6.04 Å². The zero-order valence-electron chi connectivity index (χ0n) is 12.2. The molecule has 0 amide bonds. The van der Waals surface area contributed by atoms with Gasteiger partial charge in [0.15, 0.2) is 0 Å². The third-order valence-corrected chi connectivity index (χ3v) is 4.32. The van der Waals surface area contributed by atoms with E-state index in [0.717, 1.165) is 25.3 Å². The first-order valence-electron chi connectivity index (χ1n) is 7.30. The zero-order chi connectivity index (χ0) is 14.3. The fourth-order valence-corrected chi connectivity index (χ4v) is 2.74. The molecule has 0 aromatic heterocycles. The Morgan fingerprint density at radius 3 is 2.42 bits per heavy atom. The van der Waals surface area contributed by atoms with Gasteiger partial charge in [0.25, 0.3) is 0 Å². The van der Waals surface area contributed by atoms with Gasteiger partial charge in [-0.3, -0.25) is 0 Å². The van der Waals surface area contributed by atoms with Crippen LogP contribution in [0, 0.1) is 11.7 Å². The van der Waals surface area contributed by atoms with E-state index in [-0.39, 0.29) is 5.82 Å². The topological polar surface area (TPSA) is 12.0 Å². The van der Waals surface area contributed by atoms with Gasteiger partial charge in [-0.15, -0.1) is 0 Å². The Balaban J connectivity index is 2.85. The van der Waals surface area contributed by atoms with Crippen molar-refractivity contribution in [1.82, 2.24) is 5.32 Å². The molecule has 0 saturated heterocycles. The second kappa shape index (κ2) is 8.70. The molecule has 108 valence electrons. The zero-order valence-corrected chi connectivity index (χ0v) is 13.8. The molecule has 0 fully saturated rings. The SMILES string of the molecule is CCCNC(CC(CC)CC)c1ccc(F)c(Br)c1. The van der Waals surface area contributed by atoms with E-state index in [4.69, 9.17) is 0 Å². The first-order chi connectivity index (χ1) is 9.12. The maximum Gasteiger partial charge on any atom is 0.137 e. The van der Waals surface area contributed by atoms with E-state index < -0.39 is 0 Å². The van der Waals surface area contributed by atoms with Crippen LogP contribution in [0.15, 0.2) is 22.7 Å². The molecule has 1 N–H and O–H groups in total. The lowest BCUT2D eigenvalue weighted by Gasteiger charge is -2.24. The molecule has 0 saturated carbocycles. The highest BCUT2D eigenvalue weighted by atomic mass is 79.9. The van der Waals surface area contributed by atoms with Gasteiger partial charge in [0.2, 0.25) is 0 Å². The van der Waals surface area contributed by atoms with Gasteiger partial charge >= 0.3 is 0 Å². The minimum atomic E-state index is -0.194. The van der Waals surface area contributed by atoms with Gasteiger partial charge in [0.05, 0.1) is 4.47 Å². The molecule has 0 aliphatic heterocycles. The summed E-state index contributed by atoms with van der Waals surface area (Å²) in [6.07, 6.45) is 4.62. The normalized spacial score (nSPS) is 12.9. The van der Waals surface area contributed by atoms with E-state index in [0.29, 0.717) is 10.5 Å². The molecule has 0 aliphatic carbocycles. The average Bonchev–Trinajstić information content (AvgIpc) is 2.42. The van der Waals surface area contributed by atoms with Crippen LogP contribution in [-0.2, 0) is 0 Å². The molecule has 3 heteroatoms. The van der Waals surface area contributed by atoms with Gasteiger partial charge in [-0.05, 0) is 58.9 Å². The Labute approximate surface area is 125 Å². The maximum absolute atomic E-state index is 13.3. The molecule has 0 radical (unpaired) electrons. The summed E-state index contributed by atoms with van der Waals surface area (Å²) in [4.78, 5) is 0. The molecule has 0 bridgehead atoms. The third-order valence-electron chi connectivity index (χ3n) is 3.71. The molecule has 19 heavy (non-hydrogen) atoms. The van der Waals surface area contributed by atoms with Crippen LogP contribution in [0.5, 0.6) is 0 Å². The van der Waals surface area contributed by atoms with Crippen molar-refractivity contribution < 1.29 is 4.39 Å². The first kappa shape index (κ1) is 16.6. The van der Waals surface area contributed by atoms with Crippen molar-refractivity contribution in [3.05, 3.63) is 34.1 Å². The second-order valence-corrected chi connectivity index (χ2v) is 5.95.